The molecule has 0 spiro atoms. The largest absolute Gasteiger partial charge is 0.481 e. The number of ether oxygens (including phenoxy) is 2. The van der Waals surface area contributed by atoms with Crippen LogP contribution in [0.15, 0.2) is 24.4 Å². The minimum atomic E-state index is -2.49. The molecule has 0 aliphatic heterocycles. The number of fused-ring (bicyclic) bond motifs is 1. The van der Waals surface area contributed by atoms with Crippen LogP contribution in [0.25, 0.3) is 10.9 Å². The van der Waals surface area contributed by atoms with E-state index >= 15 is 0 Å². The van der Waals surface area contributed by atoms with Crippen molar-refractivity contribution >= 4 is 34.8 Å². The molecular formula is C20H24N2O8. The lowest BCUT2D eigenvalue weighted by molar-refractivity contribution is -0.183. The first-order chi connectivity index (χ1) is 14.0. The highest BCUT2D eigenvalue weighted by atomic mass is 16.6. The van der Waals surface area contributed by atoms with Gasteiger partial charge in [0.1, 0.15) is 5.75 Å². The summed E-state index contributed by atoms with van der Waals surface area (Å²) in [5, 5.41) is 19.0. The number of hydrogen-bond donors (Lipinski definition) is 3. The molecule has 2 aromatic rings. The number of aromatic nitrogens is 1. The summed E-state index contributed by atoms with van der Waals surface area (Å²) in [5.41, 5.74) is -0.952. The van der Waals surface area contributed by atoms with Gasteiger partial charge in [-0.15, -0.1) is 0 Å². The summed E-state index contributed by atoms with van der Waals surface area (Å²) in [5.74, 6) is -5.18. The number of carboxylic acids is 2. The first-order valence-corrected chi connectivity index (χ1v) is 9.13. The van der Waals surface area contributed by atoms with E-state index in [2.05, 4.69) is 4.98 Å². The number of benzene rings is 1. The summed E-state index contributed by atoms with van der Waals surface area (Å²) >= 11 is 0. The van der Waals surface area contributed by atoms with E-state index in [9.17, 15) is 29.4 Å². The van der Waals surface area contributed by atoms with Crippen LogP contribution in [0.1, 0.15) is 25.3 Å². The summed E-state index contributed by atoms with van der Waals surface area (Å²) in [4.78, 5) is 52.1. The molecule has 1 heterocycles. The van der Waals surface area contributed by atoms with Crippen molar-refractivity contribution in [3.8, 4) is 5.75 Å². The number of carboxylic acid groups (broad SMARTS) is 2. The van der Waals surface area contributed by atoms with Crippen LogP contribution in [0.2, 0.25) is 0 Å². The molecule has 0 fully saturated rings. The first kappa shape index (κ1) is 22.9. The normalized spacial score (nSPS) is 11.5. The summed E-state index contributed by atoms with van der Waals surface area (Å²) in [6, 6.07) is 4.91. The molecule has 0 amide bonds. The van der Waals surface area contributed by atoms with Crippen molar-refractivity contribution in [2.24, 2.45) is 0 Å². The van der Waals surface area contributed by atoms with Crippen LogP contribution in [0.3, 0.4) is 0 Å². The van der Waals surface area contributed by atoms with Gasteiger partial charge in [0, 0.05) is 30.6 Å². The van der Waals surface area contributed by atoms with E-state index in [-0.39, 0.29) is 5.75 Å². The standard InChI is InChI=1S/C20H24N2O8/c1-12(23)30-20(9-16(24)25,10-17(26)27)19(28)29-15-6-4-5-14-18(15)13(11-21-14)7-8-22(2)3/h4-6,11,21H,7-10H2,1-3H3,(H,24,25)(H,26,27). The molecule has 3 N–H and O–H groups in total. The van der Waals surface area contributed by atoms with Gasteiger partial charge in [0.25, 0.3) is 0 Å². The molecule has 0 aliphatic carbocycles. The molecule has 0 aliphatic rings. The topological polar surface area (TPSA) is 146 Å². The molecule has 0 unspecified atom stereocenters. The maximum Gasteiger partial charge on any atom is 0.357 e. The Balaban J connectivity index is 2.46. The molecule has 30 heavy (non-hydrogen) atoms. The van der Waals surface area contributed by atoms with Gasteiger partial charge in [-0.1, -0.05) is 6.07 Å². The second-order valence-electron chi connectivity index (χ2n) is 7.16. The second-order valence-corrected chi connectivity index (χ2v) is 7.16. The van der Waals surface area contributed by atoms with Crippen LogP contribution in [-0.2, 0) is 30.3 Å². The summed E-state index contributed by atoms with van der Waals surface area (Å²) in [6.45, 7) is 1.68. The van der Waals surface area contributed by atoms with E-state index in [1.165, 1.54) is 6.07 Å². The van der Waals surface area contributed by atoms with E-state index in [0.717, 1.165) is 19.0 Å². The Morgan fingerprint density at radius 1 is 1.10 bits per heavy atom. The molecule has 0 saturated heterocycles. The molecule has 1 aromatic carbocycles. The number of likely N-dealkylation sites (N-methyl/N-ethyl adjacent to an activating group) is 1. The average molecular weight is 420 g/mol. The van der Waals surface area contributed by atoms with Gasteiger partial charge < -0.3 is 29.6 Å². The number of aliphatic carboxylic acids is 2. The Hall–Kier alpha value is -3.40. The zero-order chi connectivity index (χ0) is 22.5. The maximum absolute atomic E-state index is 12.9. The third-order valence-corrected chi connectivity index (χ3v) is 4.36. The van der Waals surface area contributed by atoms with Crippen molar-refractivity contribution < 1.29 is 38.9 Å². The van der Waals surface area contributed by atoms with Gasteiger partial charge >= 0.3 is 23.9 Å². The smallest absolute Gasteiger partial charge is 0.357 e. The maximum atomic E-state index is 12.9. The fourth-order valence-electron chi connectivity index (χ4n) is 3.12. The lowest BCUT2D eigenvalue weighted by Crippen LogP contribution is -2.49. The SMILES string of the molecule is CC(=O)OC(CC(=O)O)(CC(=O)O)C(=O)Oc1cccc2[nH]cc(CCN(C)C)c12. The highest BCUT2D eigenvalue weighted by Crippen LogP contribution is 2.32. The van der Waals surface area contributed by atoms with Crippen LogP contribution in [0.4, 0.5) is 0 Å². The molecular weight excluding hydrogens is 396 g/mol. The zero-order valence-electron chi connectivity index (χ0n) is 16.9. The lowest BCUT2D eigenvalue weighted by atomic mass is 9.95. The van der Waals surface area contributed by atoms with Crippen LogP contribution in [0.5, 0.6) is 5.75 Å². The van der Waals surface area contributed by atoms with Gasteiger partial charge in [0.2, 0.25) is 5.60 Å². The second kappa shape index (κ2) is 9.40. The number of H-pyrrole nitrogens is 1. The lowest BCUT2D eigenvalue weighted by Gasteiger charge is -2.28. The molecule has 1 aromatic heterocycles. The van der Waals surface area contributed by atoms with Gasteiger partial charge in [0.15, 0.2) is 0 Å². The predicted octanol–water partition coefficient (Wildman–Crippen LogP) is 1.43. The van der Waals surface area contributed by atoms with Crippen molar-refractivity contribution in [1.82, 2.24) is 9.88 Å². The monoisotopic (exact) mass is 420 g/mol. The number of rotatable bonds is 10. The summed E-state index contributed by atoms with van der Waals surface area (Å²) in [7, 11) is 3.84. The Morgan fingerprint density at radius 3 is 2.27 bits per heavy atom. The quantitative estimate of drug-likeness (QED) is 0.384. The molecule has 2 rings (SSSR count). The molecule has 162 valence electrons. The molecule has 0 saturated carbocycles. The number of nitrogens with zero attached hydrogens (tertiary/aromatic N) is 1. The van der Waals surface area contributed by atoms with Crippen molar-refractivity contribution in [1.29, 1.82) is 0 Å². The summed E-state index contributed by atoms with van der Waals surface area (Å²) < 4.78 is 10.3. The highest BCUT2D eigenvalue weighted by molar-refractivity contribution is 5.96. The van der Waals surface area contributed by atoms with Gasteiger partial charge in [-0.25, -0.2) is 4.79 Å². The van der Waals surface area contributed by atoms with E-state index in [1.807, 2.05) is 19.0 Å². The Kier molecular flexibility index (Phi) is 7.17. The van der Waals surface area contributed by atoms with Gasteiger partial charge in [0.05, 0.1) is 12.8 Å². The van der Waals surface area contributed by atoms with Gasteiger partial charge in [-0.05, 0) is 38.2 Å². The molecule has 10 heteroatoms. The third-order valence-electron chi connectivity index (χ3n) is 4.36. The minimum absolute atomic E-state index is 0.111. The van der Waals surface area contributed by atoms with Crippen LogP contribution in [0, 0.1) is 0 Å². The molecule has 0 bridgehead atoms. The highest BCUT2D eigenvalue weighted by Gasteiger charge is 2.48. The third kappa shape index (κ3) is 5.57. The van der Waals surface area contributed by atoms with Crippen LogP contribution >= 0.6 is 0 Å². The number of aromatic amines is 1. The fraction of sp³-hybridized carbons (Fsp3) is 0.400. The summed E-state index contributed by atoms with van der Waals surface area (Å²) in [6.07, 6.45) is 0.322. The number of hydrogen-bond acceptors (Lipinski definition) is 7. The minimum Gasteiger partial charge on any atom is -0.481 e. The number of nitrogens with one attached hydrogen (secondary N) is 1. The molecule has 10 nitrogen and oxygen atoms in total. The van der Waals surface area contributed by atoms with Crippen molar-refractivity contribution in [3.63, 3.8) is 0 Å². The van der Waals surface area contributed by atoms with E-state index in [4.69, 9.17) is 9.47 Å². The first-order valence-electron chi connectivity index (χ1n) is 9.13. The Bertz CT molecular complexity index is 922. The van der Waals surface area contributed by atoms with E-state index < -0.39 is 42.3 Å². The van der Waals surface area contributed by atoms with E-state index in [1.54, 1.807) is 18.3 Å². The predicted molar refractivity (Wildman–Crippen MR) is 105 cm³/mol. The molecule has 0 atom stereocenters. The van der Waals surface area contributed by atoms with Crippen molar-refractivity contribution in [2.45, 2.75) is 31.8 Å². The average Bonchev–Trinajstić information content (AvgIpc) is 3.02. The van der Waals surface area contributed by atoms with Gasteiger partial charge in [-0.3, -0.25) is 14.4 Å². The van der Waals surface area contributed by atoms with Crippen LogP contribution < -0.4 is 4.74 Å². The van der Waals surface area contributed by atoms with Crippen LogP contribution in [-0.4, -0.2) is 70.2 Å². The number of esters is 2. The van der Waals surface area contributed by atoms with E-state index in [0.29, 0.717) is 17.3 Å². The zero-order valence-corrected chi connectivity index (χ0v) is 16.9. The molecule has 0 radical (unpaired) electrons. The Labute approximate surface area is 172 Å². The number of carbonyl (C=O) groups is 4. The van der Waals surface area contributed by atoms with Crippen molar-refractivity contribution in [3.05, 3.63) is 30.0 Å². The Morgan fingerprint density at radius 2 is 1.73 bits per heavy atom. The van der Waals surface area contributed by atoms with Crippen molar-refractivity contribution in [2.75, 3.05) is 20.6 Å². The van der Waals surface area contributed by atoms with Gasteiger partial charge in [-0.2, -0.15) is 0 Å². The number of carbonyl (C=O) groups excluding carboxylic acids is 2. The fourth-order valence-corrected chi connectivity index (χ4v) is 3.12.